The molecule has 0 saturated heterocycles. The number of primary amides is 1. The fraction of sp³-hybridized carbons (Fsp3) is 0.294. The summed E-state index contributed by atoms with van der Waals surface area (Å²) in [5.74, 6) is -0.809. The van der Waals surface area contributed by atoms with Crippen LogP contribution in [0.5, 0.6) is 0 Å². The number of nitrogens with one attached hydrogen (secondary N) is 1. The molecule has 6 heteroatoms. The zero-order valence-electron chi connectivity index (χ0n) is 12.9. The minimum atomic E-state index is -0.552. The van der Waals surface area contributed by atoms with Gasteiger partial charge in [0.2, 0.25) is 5.91 Å². The lowest BCUT2D eigenvalue weighted by Gasteiger charge is -2.26. The fourth-order valence-electron chi connectivity index (χ4n) is 2.85. The Kier molecular flexibility index (Phi) is 4.16. The summed E-state index contributed by atoms with van der Waals surface area (Å²) < 4.78 is 7.36. The molecule has 0 aliphatic carbocycles. The van der Waals surface area contributed by atoms with E-state index in [1.807, 2.05) is 18.2 Å². The molecule has 3 rings (SSSR count). The Hall–Kier alpha value is -2.60. The van der Waals surface area contributed by atoms with Crippen molar-refractivity contribution in [1.82, 2.24) is 9.88 Å². The van der Waals surface area contributed by atoms with Crippen molar-refractivity contribution in [2.45, 2.75) is 12.5 Å². The zero-order chi connectivity index (χ0) is 16.4. The number of rotatable bonds is 4. The number of nitrogens with zero attached hydrogens (tertiary/aromatic N) is 1. The van der Waals surface area contributed by atoms with Gasteiger partial charge < -0.3 is 20.4 Å². The largest absolute Gasteiger partial charge is 0.371 e. The number of carbonyl (C=O) groups excluding carboxylic acids is 2. The predicted octanol–water partition coefficient (Wildman–Crippen LogP) is 1.17. The average molecular weight is 313 g/mol. The Bertz CT molecular complexity index is 751. The molecule has 1 atom stereocenters. The number of nitrogens with two attached hydrogens (primary N) is 1. The van der Waals surface area contributed by atoms with Crippen molar-refractivity contribution in [2.75, 3.05) is 13.2 Å². The second-order valence-corrected chi connectivity index (χ2v) is 5.61. The highest BCUT2D eigenvalue weighted by atomic mass is 16.5. The fourth-order valence-corrected chi connectivity index (χ4v) is 2.85. The molecule has 1 aliphatic heterocycles. The highest BCUT2D eigenvalue weighted by Crippen LogP contribution is 2.26. The number of aryl methyl sites for hydroxylation is 1. The summed E-state index contributed by atoms with van der Waals surface area (Å²) in [5, 5.41) is 2.87. The molecule has 0 bridgehead atoms. The molecule has 1 aliphatic rings. The van der Waals surface area contributed by atoms with Gasteiger partial charge in [-0.05, 0) is 23.6 Å². The molecule has 120 valence electrons. The summed E-state index contributed by atoms with van der Waals surface area (Å²) in [6.45, 7) is 1.03. The van der Waals surface area contributed by atoms with Gasteiger partial charge in [-0.3, -0.25) is 9.59 Å². The van der Waals surface area contributed by atoms with Gasteiger partial charge in [-0.2, -0.15) is 0 Å². The third kappa shape index (κ3) is 3.12. The number of fused-ring (bicyclic) bond motifs is 1. The van der Waals surface area contributed by atoms with E-state index in [1.54, 1.807) is 17.8 Å². The summed E-state index contributed by atoms with van der Waals surface area (Å²) >= 11 is 0. The van der Waals surface area contributed by atoms with E-state index < -0.39 is 5.91 Å². The van der Waals surface area contributed by atoms with Crippen molar-refractivity contribution in [1.29, 1.82) is 0 Å². The van der Waals surface area contributed by atoms with Crippen molar-refractivity contribution in [3.8, 4) is 0 Å². The Labute approximate surface area is 134 Å². The van der Waals surface area contributed by atoms with Gasteiger partial charge in [0.1, 0.15) is 11.8 Å². The molecule has 23 heavy (non-hydrogen) atoms. The second kappa shape index (κ2) is 6.26. The number of hydrogen-bond donors (Lipinski definition) is 2. The molecule has 2 aromatic rings. The number of benzene rings is 1. The molecule has 0 fully saturated rings. The minimum absolute atomic E-state index is 0.153. The standard InChI is InChI=1S/C17H19N3O3/c1-20-10-12(16(18)21)8-14(20)17(22)19-9-15-13-5-3-2-4-11(13)6-7-23-15/h2-5,8,10,15H,6-7,9H2,1H3,(H2,18,21)(H,19,22). The molecule has 3 N–H and O–H groups in total. The van der Waals surface area contributed by atoms with Gasteiger partial charge in [0, 0.05) is 19.8 Å². The molecule has 1 aromatic heterocycles. The Morgan fingerprint density at radius 3 is 2.91 bits per heavy atom. The van der Waals surface area contributed by atoms with Crippen LogP contribution in [-0.4, -0.2) is 29.5 Å². The molecular formula is C17H19N3O3. The van der Waals surface area contributed by atoms with Gasteiger partial charge in [-0.15, -0.1) is 0 Å². The van der Waals surface area contributed by atoms with E-state index in [1.165, 1.54) is 11.6 Å². The maximum atomic E-state index is 12.3. The van der Waals surface area contributed by atoms with Crippen molar-refractivity contribution < 1.29 is 14.3 Å². The van der Waals surface area contributed by atoms with Gasteiger partial charge >= 0.3 is 0 Å². The van der Waals surface area contributed by atoms with Crippen molar-refractivity contribution >= 4 is 11.8 Å². The third-order valence-corrected chi connectivity index (χ3v) is 4.06. The number of aromatic nitrogens is 1. The average Bonchev–Trinajstić information content (AvgIpc) is 2.95. The molecule has 1 unspecified atom stereocenters. The first kappa shape index (κ1) is 15.3. The SMILES string of the molecule is Cn1cc(C(N)=O)cc1C(=O)NCC1OCCc2ccccc21. The summed E-state index contributed by atoms with van der Waals surface area (Å²) in [5.41, 5.74) is 8.32. The second-order valence-electron chi connectivity index (χ2n) is 5.61. The summed E-state index contributed by atoms with van der Waals surface area (Å²) in [7, 11) is 1.70. The van der Waals surface area contributed by atoms with Crippen LogP contribution >= 0.6 is 0 Å². The highest BCUT2D eigenvalue weighted by molar-refractivity contribution is 5.98. The summed E-state index contributed by atoms with van der Waals surface area (Å²) in [6, 6.07) is 9.59. The van der Waals surface area contributed by atoms with Crippen LogP contribution in [0.15, 0.2) is 36.5 Å². The first-order valence-electron chi connectivity index (χ1n) is 7.50. The lowest BCUT2D eigenvalue weighted by Crippen LogP contribution is -2.32. The van der Waals surface area contributed by atoms with Gasteiger partial charge in [-0.1, -0.05) is 24.3 Å². The van der Waals surface area contributed by atoms with E-state index >= 15 is 0 Å². The molecule has 0 radical (unpaired) electrons. The van der Waals surface area contributed by atoms with Crippen LogP contribution in [-0.2, 0) is 18.2 Å². The molecule has 1 aromatic carbocycles. The molecule has 2 amide bonds. The Balaban J connectivity index is 1.69. The summed E-state index contributed by atoms with van der Waals surface area (Å²) in [6.07, 6.45) is 2.28. The summed E-state index contributed by atoms with van der Waals surface area (Å²) in [4.78, 5) is 23.5. The zero-order valence-corrected chi connectivity index (χ0v) is 12.9. The first-order valence-corrected chi connectivity index (χ1v) is 7.50. The van der Waals surface area contributed by atoms with Crippen LogP contribution in [0.2, 0.25) is 0 Å². The number of amides is 2. The van der Waals surface area contributed by atoms with Crippen LogP contribution in [0.4, 0.5) is 0 Å². The number of ether oxygens (including phenoxy) is 1. The molecule has 2 heterocycles. The number of carbonyl (C=O) groups is 2. The quantitative estimate of drug-likeness (QED) is 0.888. The lowest BCUT2D eigenvalue weighted by atomic mass is 9.97. The molecule has 6 nitrogen and oxygen atoms in total. The van der Waals surface area contributed by atoms with Gasteiger partial charge in [0.25, 0.3) is 5.91 Å². The normalized spacial score (nSPS) is 16.7. The monoisotopic (exact) mass is 313 g/mol. The maximum absolute atomic E-state index is 12.3. The highest BCUT2D eigenvalue weighted by Gasteiger charge is 2.22. The maximum Gasteiger partial charge on any atom is 0.268 e. The van der Waals surface area contributed by atoms with Crippen molar-refractivity contribution in [3.63, 3.8) is 0 Å². The number of hydrogen-bond acceptors (Lipinski definition) is 3. The topological polar surface area (TPSA) is 86.4 Å². The van der Waals surface area contributed by atoms with Gasteiger partial charge in [0.15, 0.2) is 0 Å². The van der Waals surface area contributed by atoms with Crippen LogP contribution in [0.25, 0.3) is 0 Å². The van der Waals surface area contributed by atoms with Crippen molar-refractivity contribution in [2.24, 2.45) is 12.8 Å². The van der Waals surface area contributed by atoms with Gasteiger partial charge in [-0.25, -0.2) is 0 Å². The van der Waals surface area contributed by atoms with Crippen LogP contribution in [0, 0.1) is 0 Å². The molecular weight excluding hydrogens is 294 g/mol. The van der Waals surface area contributed by atoms with Crippen molar-refractivity contribution in [3.05, 3.63) is 58.9 Å². The van der Waals surface area contributed by atoms with E-state index in [0.29, 0.717) is 24.4 Å². The van der Waals surface area contributed by atoms with E-state index in [-0.39, 0.29) is 12.0 Å². The third-order valence-electron chi connectivity index (χ3n) is 4.06. The van der Waals surface area contributed by atoms with Gasteiger partial charge in [0.05, 0.1) is 12.2 Å². The van der Waals surface area contributed by atoms with E-state index in [2.05, 4.69) is 11.4 Å². The molecule has 0 saturated carbocycles. The van der Waals surface area contributed by atoms with E-state index in [4.69, 9.17) is 10.5 Å². The lowest BCUT2D eigenvalue weighted by molar-refractivity contribution is 0.0410. The van der Waals surface area contributed by atoms with Crippen LogP contribution < -0.4 is 11.1 Å². The minimum Gasteiger partial charge on any atom is -0.371 e. The Morgan fingerprint density at radius 1 is 1.39 bits per heavy atom. The van der Waals surface area contributed by atoms with E-state index in [0.717, 1.165) is 12.0 Å². The predicted molar refractivity (Wildman–Crippen MR) is 85.1 cm³/mol. The first-order chi connectivity index (χ1) is 11.1. The van der Waals surface area contributed by atoms with Crippen LogP contribution in [0.1, 0.15) is 38.1 Å². The molecule has 0 spiro atoms. The van der Waals surface area contributed by atoms with Crippen LogP contribution in [0.3, 0.4) is 0 Å². The smallest absolute Gasteiger partial charge is 0.268 e. The van der Waals surface area contributed by atoms with E-state index in [9.17, 15) is 9.59 Å². The Morgan fingerprint density at radius 2 is 2.17 bits per heavy atom.